The number of carboxylic acid groups (broad SMARTS) is 1. The molecular formula is C13H19N3O4. The highest BCUT2D eigenvalue weighted by molar-refractivity contribution is 5.87. The van der Waals surface area contributed by atoms with Gasteiger partial charge in [-0.3, -0.25) is 5.01 Å². The van der Waals surface area contributed by atoms with Crippen LogP contribution in [-0.4, -0.2) is 34.3 Å². The molecule has 0 radical (unpaired) electrons. The molecule has 0 atom stereocenters. The van der Waals surface area contributed by atoms with E-state index in [-0.39, 0.29) is 5.56 Å². The van der Waals surface area contributed by atoms with E-state index >= 15 is 0 Å². The van der Waals surface area contributed by atoms with Crippen LogP contribution in [0.1, 0.15) is 38.1 Å². The molecule has 1 rings (SSSR count). The van der Waals surface area contributed by atoms with Crippen molar-refractivity contribution in [3.63, 3.8) is 0 Å². The number of nitrogens with zero attached hydrogens (tertiary/aromatic N) is 2. The third kappa shape index (κ3) is 4.75. The van der Waals surface area contributed by atoms with Gasteiger partial charge in [0.15, 0.2) is 0 Å². The van der Waals surface area contributed by atoms with Crippen LogP contribution in [0.5, 0.6) is 0 Å². The summed E-state index contributed by atoms with van der Waals surface area (Å²) in [5.41, 5.74) is 2.04. The Morgan fingerprint density at radius 1 is 1.40 bits per heavy atom. The molecule has 0 bridgehead atoms. The fourth-order valence-corrected chi connectivity index (χ4v) is 1.38. The molecule has 7 heteroatoms. The van der Waals surface area contributed by atoms with Crippen molar-refractivity contribution < 1.29 is 19.4 Å². The lowest BCUT2D eigenvalue weighted by molar-refractivity contribution is 0.0520. The Kier molecular flexibility index (Phi) is 4.90. The number of rotatable bonds is 4. The van der Waals surface area contributed by atoms with Gasteiger partial charge in [-0.05, 0) is 39.8 Å². The van der Waals surface area contributed by atoms with Crippen LogP contribution >= 0.6 is 0 Å². The molecular weight excluding hydrogens is 262 g/mol. The van der Waals surface area contributed by atoms with Crippen molar-refractivity contribution in [2.45, 2.75) is 33.3 Å². The summed E-state index contributed by atoms with van der Waals surface area (Å²) in [5.74, 6) is -0.615. The van der Waals surface area contributed by atoms with Crippen molar-refractivity contribution in [2.75, 3.05) is 11.6 Å². The minimum atomic E-state index is -1.05. The molecule has 0 saturated heterocycles. The highest BCUT2D eigenvalue weighted by Crippen LogP contribution is 2.11. The molecule has 0 spiro atoms. The van der Waals surface area contributed by atoms with Crippen molar-refractivity contribution in [3.05, 3.63) is 23.9 Å². The number of anilines is 1. The molecule has 2 N–H and O–H groups in total. The summed E-state index contributed by atoms with van der Waals surface area (Å²) < 4.78 is 5.14. The molecule has 1 aromatic rings. The van der Waals surface area contributed by atoms with Crippen molar-refractivity contribution in [1.82, 2.24) is 10.4 Å². The van der Waals surface area contributed by atoms with Crippen LogP contribution in [0.3, 0.4) is 0 Å². The first-order valence-corrected chi connectivity index (χ1v) is 6.19. The summed E-state index contributed by atoms with van der Waals surface area (Å²) in [7, 11) is 0. The summed E-state index contributed by atoms with van der Waals surface area (Å²) in [6, 6.07) is 2.94. The van der Waals surface area contributed by atoms with Crippen molar-refractivity contribution in [1.29, 1.82) is 0 Å². The van der Waals surface area contributed by atoms with Gasteiger partial charge in [0.1, 0.15) is 11.4 Å². The van der Waals surface area contributed by atoms with Crippen LogP contribution in [-0.2, 0) is 4.74 Å². The minimum Gasteiger partial charge on any atom is -0.478 e. The number of carbonyl (C=O) groups excluding carboxylic acids is 1. The van der Waals surface area contributed by atoms with E-state index in [0.29, 0.717) is 12.4 Å². The van der Waals surface area contributed by atoms with Gasteiger partial charge in [0.2, 0.25) is 0 Å². The standard InChI is InChI=1S/C13H19N3O4/c1-5-16(15-12(19)20-13(2,3)4)10-7-6-9(8-14-10)11(17)18/h6-8H,5H2,1-4H3,(H,15,19)(H,17,18). The molecule has 1 aromatic heterocycles. The number of carbonyl (C=O) groups is 2. The van der Waals surface area contributed by atoms with Gasteiger partial charge in [-0.2, -0.15) is 0 Å². The molecule has 110 valence electrons. The molecule has 0 aromatic carbocycles. The summed E-state index contributed by atoms with van der Waals surface area (Å²) in [6.45, 7) is 7.58. The highest BCUT2D eigenvalue weighted by Gasteiger charge is 2.18. The predicted octanol–water partition coefficient (Wildman–Crippen LogP) is 2.05. The van der Waals surface area contributed by atoms with Crippen molar-refractivity contribution >= 4 is 17.9 Å². The van der Waals surface area contributed by atoms with Crippen LogP contribution in [0, 0.1) is 0 Å². The maximum atomic E-state index is 11.7. The zero-order valence-corrected chi connectivity index (χ0v) is 12.0. The Labute approximate surface area is 117 Å². The summed E-state index contributed by atoms with van der Waals surface area (Å²) in [5, 5.41) is 10.3. The number of aromatic nitrogens is 1. The van der Waals surface area contributed by atoms with E-state index in [4.69, 9.17) is 9.84 Å². The van der Waals surface area contributed by atoms with Crippen molar-refractivity contribution in [2.24, 2.45) is 0 Å². The molecule has 0 fully saturated rings. The first kappa shape index (κ1) is 15.7. The van der Waals surface area contributed by atoms with Gasteiger partial charge in [-0.15, -0.1) is 0 Å². The lowest BCUT2D eigenvalue weighted by Gasteiger charge is -2.25. The zero-order chi connectivity index (χ0) is 15.3. The fraction of sp³-hybridized carbons (Fsp3) is 0.462. The largest absolute Gasteiger partial charge is 0.478 e. The highest BCUT2D eigenvalue weighted by atomic mass is 16.6. The third-order valence-corrected chi connectivity index (χ3v) is 2.21. The second-order valence-electron chi connectivity index (χ2n) is 5.07. The zero-order valence-electron chi connectivity index (χ0n) is 12.0. The Morgan fingerprint density at radius 3 is 2.45 bits per heavy atom. The number of hydrazine groups is 1. The first-order valence-electron chi connectivity index (χ1n) is 6.19. The molecule has 0 aliphatic heterocycles. The monoisotopic (exact) mass is 281 g/mol. The summed E-state index contributed by atoms with van der Waals surface area (Å²) in [6.07, 6.45) is 0.639. The smallest absolute Gasteiger partial charge is 0.426 e. The topological polar surface area (TPSA) is 91.8 Å². The van der Waals surface area contributed by atoms with Gasteiger partial charge in [0.05, 0.1) is 5.56 Å². The molecule has 1 heterocycles. The Balaban J connectivity index is 2.75. The second-order valence-corrected chi connectivity index (χ2v) is 5.07. The third-order valence-electron chi connectivity index (χ3n) is 2.21. The molecule has 0 unspecified atom stereocenters. The van der Waals surface area contributed by atoms with Crippen LogP contribution in [0.15, 0.2) is 18.3 Å². The normalized spacial score (nSPS) is 10.8. The van der Waals surface area contributed by atoms with Crippen LogP contribution in [0.2, 0.25) is 0 Å². The SMILES string of the molecule is CCN(NC(=O)OC(C)(C)C)c1ccc(C(=O)O)cn1. The first-order chi connectivity index (χ1) is 9.23. The lowest BCUT2D eigenvalue weighted by atomic mass is 10.2. The van der Waals surface area contributed by atoms with Crippen molar-refractivity contribution in [3.8, 4) is 0 Å². The quantitative estimate of drug-likeness (QED) is 0.821. The molecule has 20 heavy (non-hydrogen) atoms. The van der Waals surface area contributed by atoms with Gasteiger partial charge in [-0.25, -0.2) is 20.0 Å². The Bertz CT molecular complexity index is 479. The van der Waals surface area contributed by atoms with Gasteiger partial charge in [-0.1, -0.05) is 0 Å². The number of pyridine rings is 1. The van der Waals surface area contributed by atoms with Crippen LogP contribution in [0.4, 0.5) is 10.6 Å². The number of hydrogen-bond acceptors (Lipinski definition) is 5. The van der Waals surface area contributed by atoms with E-state index in [1.807, 2.05) is 6.92 Å². The number of nitrogens with one attached hydrogen (secondary N) is 1. The lowest BCUT2D eigenvalue weighted by Crippen LogP contribution is -2.45. The molecule has 0 saturated carbocycles. The molecule has 0 aliphatic rings. The summed E-state index contributed by atoms with van der Waals surface area (Å²) >= 11 is 0. The van der Waals surface area contributed by atoms with E-state index in [1.54, 1.807) is 20.8 Å². The summed E-state index contributed by atoms with van der Waals surface area (Å²) in [4.78, 5) is 26.4. The average Bonchev–Trinajstić information content (AvgIpc) is 2.34. The van der Waals surface area contributed by atoms with Gasteiger partial charge >= 0.3 is 12.1 Å². The number of aromatic carboxylic acids is 1. The fourth-order valence-electron chi connectivity index (χ4n) is 1.38. The maximum Gasteiger partial charge on any atom is 0.426 e. The number of carboxylic acids is 1. The number of hydrogen-bond donors (Lipinski definition) is 2. The Hall–Kier alpha value is -2.31. The van der Waals surface area contributed by atoms with Crippen LogP contribution in [0.25, 0.3) is 0 Å². The van der Waals surface area contributed by atoms with E-state index in [9.17, 15) is 9.59 Å². The van der Waals surface area contributed by atoms with E-state index in [2.05, 4.69) is 10.4 Å². The van der Waals surface area contributed by atoms with E-state index in [0.717, 1.165) is 0 Å². The minimum absolute atomic E-state index is 0.0853. The number of amides is 1. The van der Waals surface area contributed by atoms with E-state index in [1.165, 1.54) is 23.3 Å². The van der Waals surface area contributed by atoms with Gasteiger partial charge < -0.3 is 9.84 Å². The Morgan fingerprint density at radius 2 is 2.05 bits per heavy atom. The van der Waals surface area contributed by atoms with Gasteiger partial charge in [0.25, 0.3) is 0 Å². The predicted molar refractivity (Wildman–Crippen MR) is 73.6 cm³/mol. The molecule has 1 amide bonds. The molecule has 0 aliphatic carbocycles. The second kappa shape index (κ2) is 6.23. The van der Waals surface area contributed by atoms with Crippen LogP contribution < -0.4 is 10.4 Å². The molecule has 7 nitrogen and oxygen atoms in total. The average molecular weight is 281 g/mol. The number of ether oxygens (including phenoxy) is 1. The maximum absolute atomic E-state index is 11.7. The van der Waals surface area contributed by atoms with E-state index < -0.39 is 17.7 Å². The van der Waals surface area contributed by atoms with Gasteiger partial charge in [0, 0.05) is 12.7 Å².